The third kappa shape index (κ3) is 5.91. The molecule has 0 bridgehead atoms. The minimum atomic E-state index is -1.29. The number of aromatic amines is 1. The molecule has 196 valence electrons. The Morgan fingerprint density at radius 2 is 1.81 bits per heavy atom. The van der Waals surface area contributed by atoms with Gasteiger partial charge in [0.15, 0.2) is 5.60 Å². The van der Waals surface area contributed by atoms with E-state index >= 15 is 0 Å². The largest absolute Gasteiger partial charge is 0.478 e. The molecular formula is C27H32FN5O4. The maximum absolute atomic E-state index is 13.7. The Kier molecular flexibility index (Phi) is 7.49. The predicted octanol–water partition coefficient (Wildman–Crippen LogP) is 2.16. The van der Waals surface area contributed by atoms with Crippen LogP contribution >= 0.6 is 0 Å². The number of benzene rings is 2. The third-order valence-corrected chi connectivity index (χ3v) is 6.71. The van der Waals surface area contributed by atoms with Crippen molar-refractivity contribution >= 4 is 28.6 Å². The summed E-state index contributed by atoms with van der Waals surface area (Å²) in [5.74, 6) is -1.18. The number of piperidine rings is 1. The molecular weight excluding hydrogens is 477 g/mol. The van der Waals surface area contributed by atoms with Gasteiger partial charge < -0.3 is 31.4 Å². The summed E-state index contributed by atoms with van der Waals surface area (Å²) in [6, 6.07) is 10.7. The van der Waals surface area contributed by atoms with Crippen molar-refractivity contribution in [2.45, 2.75) is 44.2 Å². The van der Waals surface area contributed by atoms with Crippen LogP contribution in [0.5, 0.6) is 5.75 Å². The number of rotatable bonds is 9. The molecule has 0 spiro atoms. The second-order valence-corrected chi connectivity index (χ2v) is 9.80. The van der Waals surface area contributed by atoms with Gasteiger partial charge in [0.05, 0.1) is 0 Å². The van der Waals surface area contributed by atoms with Gasteiger partial charge >= 0.3 is 0 Å². The van der Waals surface area contributed by atoms with E-state index in [-0.39, 0.29) is 11.7 Å². The van der Waals surface area contributed by atoms with Crippen LogP contribution < -0.4 is 26.4 Å². The lowest BCUT2D eigenvalue weighted by Gasteiger charge is -2.39. The highest BCUT2D eigenvalue weighted by Gasteiger charge is 2.44. The Hall–Kier alpha value is -3.92. The number of carbonyl (C=O) groups is 3. The molecule has 2 aromatic carbocycles. The summed E-state index contributed by atoms with van der Waals surface area (Å²) in [4.78, 5) is 41.1. The molecule has 37 heavy (non-hydrogen) atoms. The van der Waals surface area contributed by atoms with Gasteiger partial charge in [0.2, 0.25) is 11.8 Å². The van der Waals surface area contributed by atoms with Crippen molar-refractivity contribution in [2.75, 3.05) is 19.6 Å². The van der Waals surface area contributed by atoms with Gasteiger partial charge in [-0.2, -0.15) is 0 Å². The molecule has 2 heterocycles. The fourth-order valence-electron chi connectivity index (χ4n) is 4.50. The molecule has 0 radical (unpaired) electrons. The summed E-state index contributed by atoms with van der Waals surface area (Å²) in [5, 5.41) is 9.92. The van der Waals surface area contributed by atoms with E-state index in [0.717, 1.165) is 16.5 Å². The maximum Gasteiger partial charge on any atom is 0.264 e. The Morgan fingerprint density at radius 3 is 2.49 bits per heavy atom. The standard InChI is InChI=1S/C27H32FN5O4/c1-26(2,37-20-6-3-17(4-7-20)23(29)34)24(35)33-27(10-13-30-14-11-27)25(36)31-12-9-18-16-32-22-8-5-19(28)15-21(18)22/h3-8,15-16,30,32H,9-14H2,1-2H3,(H2,29,34)(H,31,36)(H,33,35). The topological polar surface area (TPSA) is 138 Å². The van der Waals surface area contributed by atoms with E-state index in [2.05, 4.69) is 20.9 Å². The van der Waals surface area contributed by atoms with Crippen molar-refractivity contribution in [1.82, 2.24) is 20.9 Å². The van der Waals surface area contributed by atoms with Gasteiger partial charge in [0.25, 0.3) is 5.91 Å². The van der Waals surface area contributed by atoms with E-state index in [0.29, 0.717) is 50.2 Å². The van der Waals surface area contributed by atoms with Crippen LogP contribution in [0.4, 0.5) is 4.39 Å². The van der Waals surface area contributed by atoms with E-state index in [1.54, 1.807) is 32.0 Å². The summed E-state index contributed by atoms with van der Waals surface area (Å²) in [5.41, 5.74) is 4.95. The number of hydrogen-bond acceptors (Lipinski definition) is 5. The number of carbonyl (C=O) groups excluding carboxylic acids is 3. The zero-order chi connectivity index (χ0) is 26.6. The van der Waals surface area contributed by atoms with Crippen molar-refractivity contribution in [1.29, 1.82) is 0 Å². The van der Waals surface area contributed by atoms with Gasteiger partial charge in [-0.15, -0.1) is 0 Å². The van der Waals surface area contributed by atoms with Crippen LogP contribution in [-0.4, -0.2) is 53.5 Å². The van der Waals surface area contributed by atoms with Gasteiger partial charge in [0, 0.05) is 29.2 Å². The number of fused-ring (bicyclic) bond motifs is 1. The van der Waals surface area contributed by atoms with Crippen molar-refractivity contribution in [3.8, 4) is 5.75 Å². The number of primary amides is 1. The monoisotopic (exact) mass is 509 g/mol. The normalized spacial score (nSPS) is 15.2. The molecule has 0 saturated carbocycles. The number of nitrogens with one attached hydrogen (secondary N) is 4. The predicted molar refractivity (Wildman–Crippen MR) is 138 cm³/mol. The highest BCUT2D eigenvalue weighted by atomic mass is 19.1. The molecule has 9 nitrogen and oxygen atoms in total. The van der Waals surface area contributed by atoms with Crippen LogP contribution in [0.2, 0.25) is 0 Å². The highest BCUT2D eigenvalue weighted by Crippen LogP contribution is 2.24. The van der Waals surface area contributed by atoms with Gasteiger partial charge in [0.1, 0.15) is 17.1 Å². The van der Waals surface area contributed by atoms with E-state index in [9.17, 15) is 18.8 Å². The lowest BCUT2D eigenvalue weighted by atomic mass is 9.86. The summed E-state index contributed by atoms with van der Waals surface area (Å²) in [6.45, 7) is 4.72. The first kappa shape index (κ1) is 26.2. The van der Waals surface area contributed by atoms with Gasteiger partial charge in [-0.25, -0.2) is 4.39 Å². The number of amides is 3. The minimum Gasteiger partial charge on any atom is -0.478 e. The van der Waals surface area contributed by atoms with E-state index in [1.807, 2.05) is 6.20 Å². The molecule has 4 rings (SSSR count). The average molecular weight is 510 g/mol. The molecule has 1 fully saturated rings. The quantitative estimate of drug-likeness (QED) is 0.301. The third-order valence-electron chi connectivity index (χ3n) is 6.71. The van der Waals surface area contributed by atoms with Gasteiger partial charge in [-0.3, -0.25) is 14.4 Å². The molecule has 3 amide bonds. The fraction of sp³-hybridized carbons (Fsp3) is 0.370. The minimum absolute atomic E-state index is 0.269. The smallest absolute Gasteiger partial charge is 0.264 e. The second-order valence-electron chi connectivity index (χ2n) is 9.80. The first-order valence-electron chi connectivity index (χ1n) is 12.3. The van der Waals surface area contributed by atoms with Crippen LogP contribution in [-0.2, 0) is 16.0 Å². The number of ether oxygens (including phenoxy) is 1. The molecule has 0 unspecified atom stereocenters. The molecule has 1 aromatic heterocycles. The Labute approximate surface area is 214 Å². The number of nitrogens with two attached hydrogens (primary N) is 1. The fourth-order valence-corrected chi connectivity index (χ4v) is 4.50. The maximum atomic E-state index is 13.7. The number of halogens is 1. The number of aromatic nitrogens is 1. The summed E-state index contributed by atoms with van der Waals surface area (Å²) < 4.78 is 19.6. The Morgan fingerprint density at radius 1 is 1.11 bits per heavy atom. The van der Waals surface area contributed by atoms with Crippen molar-refractivity contribution in [3.05, 3.63) is 65.6 Å². The van der Waals surface area contributed by atoms with Crippen molar-refractivity contribution in [2.24, 2.45) is 5.73 Å². The molecule has 1 aliphatic heterocycles. The summed E-state index contributed by atoms with van der Waals surface area (Å²) in [7, 11) is 0. The van der Waals surface area contributed by atoms with Crippen LogP contribution in [0.25, 0.3) is 10.9 Å². The van der Waals surface area contributed by atoms with Crippen LogP contribution in [0, 0.1) is 5.82 Å². The van der Waals surface area contributed by atoms with Crippen LogP contribution in [0.15, 0.2) is 48.7 Å². The summed E-state index contributed by atoms with van der Waals surface area (Å²) >= 11 is 0. The highest BCUT2D eigenvalue weighted by molar-refractivity contribution is 5.95. The van der Waals surface area contributed by atoms with Gasteiger partial charge in [-0.1, -0.05) is 0 Å². The molecule has 1 saturated heterocycles. The zero-order valence-corrected chi connectivity index (χ0v) is 20.9. The van der Waals surface area contributed by atoms with Crippen LogP contribution in [0.3, 0.4) is 0 Å². The Balaban J connectivity index is 1.41. The number of H-pyrrole nitrogens is 1. The lowest BCUT2D eigenvalue weighted by Crippen LogP contribution is -2.66. The molecule has 0 aliphatic carbocycles. The van der Waals surface area contributed by atoms with E-state index in [4.69, 9.17) is 10.5 Å². The number of hydrogen-bond donors (Lipinski definition) is 5. The SMILES string of the molecule is CC(C)(Oc1ccc(C(N)=O)cc1)C(=O)NC1(C(=O)NCCc2c[nH]c3ccc(F)cc23)CCNCC1. The van der Waals surface area contributed by atoms with Gasteiger partial charge in [-0.05, 0) is 94.2 Å². The van der Waals surface area contributed by atoms with Crippen LogP contribution in [0.1, 0.15) is 42.6 Å². The van der Waals surface area contributed by atoms with Crippen molar-refractivity contribution in [3.63, 3.8) is 0 Å². The zero-order valence-electron chi connectivity index (χ0n) is 20.9. The molecule has 1 aliphatic rings. The van der Waals surface area contributed by atoms with Crippen molar-refractivity contribution < 1.29 is 23.5 Å². The molecule has 6 N–H and O–H groups in total. The Bertz CT molecular complexity index is 1300. The molecule has 0 atom stereocenters. The first-order valence-corrected chi connectivity index (χ1v) is 12.3. The summed E-state index contributed by atoms with van der Waals surface area (Å²) in [6.07, 6.45) is 3.17. The second kappa shape index (κ2) is 10.6. The first-order chi connectivity index (χ1) is 17.6. The lowest BCUT2D eigenvalue weighted by molar-refractivity contribution is -0.142. The molecule has 10 heteroatoms. The molecule has 3 aromatic rings. The average Bonchev–Trinajstić information content (AvgIpc) is 3.26. The van der Waals surface area contributed by atoms with E-state index in [1.165, 1.54) is 24.3 Å². The van der Waals surface area contributed by atoms with E-state index < -0.39 is 23.0 Å².